The van der Waals surface area contributed by atoms with Crippen LogP contribution >= 0.6 is 0 Å². The largest absolute Gasteiger partial charge is 0.358 e. The van der Waals surface area contributed by atoms with Gasteiger partial charge < -0.3 is 19.7 Å². The zero-order chi connectivity index (χ0) is 14.4. The number of fused-ring (bicyclic) bond motifs is 2. The van der Waals surface area contributed by atoms with Crippen LogP contribution in [0.25, 0.3) is 0 Å². The molecule has 1 aliphatic rings. The highest BCUT2D eigenvalue weighted by molar-refractivity contribution is 5.53. The van der Waals surface area contributed by atoms with Gasteiger partial charge in [-0.3, -0.25) is 0 Å². The average molecular weight is 272 g/mol. The number of hydrogen-bond donors (Lipinski definition) is 2. The van der Waals surface area contributed by atoms with Gasteiger partial charge in [-0.1, -0.05) is 48.5 Å². The van der Waals surface area contributed by atoms with Crippen molar-refractivity contribution in [3.63, 3.8) is 0 Å². The summed E-state index contributed by atoms with van der Waals surface area (Å²) < 4.78 is 10.7. The Kier molecular flexibility index (Phi) is 2.92. The molecule has 0 atom stereocenters. The fraction of sp³-hybridized carbons (Fsp3) is 0.250. The third kappa shape index (κ3) is 1.50. The molecule has 1 aliphatic carbocycles. The van der Waals surface area contributed by atoms with Crippen molar-refractivity contribution in [3.05, 3.63) is 70.8 Å². The van der Waals surface area contributed by atoms with Crippen LogP contribution in [0.15, 0.2) is 48.5 Å². The molecule has 4 nitrogen and oxygen atoms in total. The van der Waals surface area contributed by atoms with E-state index in [0.717, 1.165) is 0 Å². The third-order valence-corrected chi connectivity index (χ3v) is 3.91. The summed E-state index contributed by atoms with van der Waals surface area (Å²) in [7, 11) is 2.87. The van der Waals surface area contributed by atoms with Crippen molar-refractivity contribution in [3.8, 4) is 0 Å². The highest BCUT2D eigenvalue weighted by Gasteiger charge is 2.49. The number of ether oxygens (including phenoxy) is 2. The summed E-state index contributed by atoms with van der Waals surface area (Å²) >= 11 is 0. The molecule has 104 valence electrons. The van der Waals surface area contributed by atoms with Crippen molar-refractivity contribution in [1.82, 2.24) is 0 Å². The summed E-state index contributed by atoms with van der Waals surface area (Å²) in [6, 6.07) is 14.0. The van der Waals surface area contributed by atoms with E-state index in [1.54, 1.807) is 48.5 Å². The van der Waals surface area contributed by atoms with E-state index < -0.39 is 11.6 Å². The molecule has 0 fully saturated rings. The Balaban J connectivity index is 2.41. The molecule has 0 heterocycles. The molecule has 0 aliphatic heterocycles. The van der Waals surface area contributed by atoms with Gasteiger partial charge in [0.25, 0.3) is 0 Å². The van der Waals surface area contributed by atoms with Crippen LogP contribution in [0.1, 0.15) is 22.3 Å². The monoisotopic (exact) mass is 272 g/mol. The second-order valence-corrected chi connectivity index (χ2v) is 4.79. The Morgan fingerprint density at radius 1 is 0.650 bits per heavy atom. The van der Waals surface area contributed by atoms with Gasteiger partial charge in [0.05, 0.1) is 0 Å². The summed E-state index contributed by atoms with van der Waals surface area (Å²) in [6.07, 6.45) is 0. The molecule has 0 unspecified atom stereocenters. The lowest BCUT2D eigenvalue weighted by molar-refractivity contribution is -0.199. The summed E-state index contributed by atoms with van der Waals surface area (Å²) in [4.78, 5) is 0. The van der Waals surface area contributed by atoms with Gasteiger partial charge in [-0.2, -0.15) is 0 Å². The second kappa shape index (κ2) is 4.40. The van der Waals surface area contributed by atoms with Crippen LogP contribution in [0.2, 0.25) is 0 Å². The van der Waals surface area contributed by atoms with Crippen molar-refractivity contribution < 1.29 is 19.7 Å². The van der Waals surface area contributed by atoms with Crippen molar-refractivity contribution in [1.29, 1.82) is 0 Å². The highest BCUT2D eigenvalue weighted by Crippen LogP contribution is 2.48. The Bertz CT molecular complexity index is 547. The fourth-order valence-corrected chi connectivity index (χ4v) is 2.88. The Morgan fingerprint density at radius 2 is 0.900 bits per heavy atom. The van der Waals surface area contributed by atoms with Crippen molar-refractivity contribution in [2.75, 3.05) is 14.2 Å². The molecule has 0 saturated heterocycles. The normalized spacial score (nSPS) is 27.8. The number of rotatable bonds is 2. The quantitative estimate of drug-likeness (QED) is 0.817. The van der Waals surface area contributed by atoms with E-state index in [1.807, 2.05) is 0 Å². The highest BCUT2D eigenvalue weighted by atomic mass is 16.6. The molecule has 4 heteroatoms. The smallest absolute Gasteiger partial charge is 0.220 e. The zero-order valence-electron chi connectivity index (χ0n) is 11.3. The van der Waals surface area contributed by atoms with Gasteiger partial charge in [-0.25, -0.2) is 0 Å². The lowest BCUT2D eigenvalue weighted by Gasteiger charge is -2.42. The third-order valence-electron chi connectivity index (χ3n) is 3.91. The van der Waals surface area contributed by atoms with E-state index in [9.17, 15) is 10.2 Å². The minimum atomic E-state index is -1.60. The summed E-state index contributed by atoms with van der Waals surface area (Å²) in [5.41, 5.74) is 1.91. The van der Waals surface area contributed by atoms with Crippen molar-refractivity contribution in [2.24, 2.45) is 0 Å². The van der Waals surface area contributed by atoms with Gasteiger partial charge in [-0.05, 0) is 0 Å². The topological polar surface area (TPSA) is 58.9 Å². The van der Waals surface area contributed by atoms with Crippen LogP contribution in [0, 0.1) is 0 Å². The molecule has 0 saturated carbocycles. The molecule has 0 bridgehead atoms. The van der Waals surface area contributed by atoms with Gasteiger partial charge >= 0.3 is 0 Å². The average Bonchev–Trinajstić information content (AvgIpc) is 2.52. The van der Waals surface area contributed by atoms with Crippen LogP contribution in [0.4, 0.5) is 0 Å². The van der Waals surface area contributed by atoms with E-state index in [0.29, 0.717) is 22.3 Å². The summed E-state index contributed by atoms with van der Waals surface area (Å²) in [5, 5.41) is 21.8. The van der Waals surface area contributed by atoms with Gasteiger partial charge in [0.15, 0.2) is 0 Å². The lowest BCUT2D eigenvalue weighted by Crippen LogP contribution is -2.44. The van der Waals surface area contributed by atoms with Crippen molar-refractivity contribution >= 4 is 0 Å². The number of aliphatic hydroxyl groups is 2. The first kappa shape index (κ1) is 13.3. The molecule has 2 N–H and O–H groups in total. The van der Waals surface area contributed by atoms with E-state index >= 15 is 0 Å². The SMILES string of the molecule is COC1(O)c2ccccc2C(O)(OC)c2ccccc21. The number of benzene rings is 2. The van der Waals surface area contributed by atoms with Gasteiger partial charge in [0.1, 0.15) is 0 Å². The van der Waals surface area contributed by atoms with Gasteiger partial charge in [0.2, 0.25) is 11.6 Å². The second-order valence-electron chi connectivity index (χ2n) is 4.79. The summed E-state index contributed by atoms with van der Waals surface area (Å²) in [5.74, 6) is -3.20. The first-order valence-electron chi connectivity index (χ1n) is 6.33. The van der Waals surface area contributed by atoms with E-state index in [2.05, 4.69) is 0 Å². The van der Waals surface area contributed by atoms with E-state index in [1.165, 1.54) is 14.2 Å². The molecular weight excluding hydrogens is 256 g/mol. The van der Waals surface area contributed by atoms with Gasteiger partial charge in [-0.15, -0.1) is 0 Å². The first-order valence-corrected chi connectivity index (χ1v) is 6.33. The maximum atomic E-state index is 10.9. The van der Waals surface area contributed by atoms with Crippen LogP contribution in [0.5, 0.6) is 0 Å². The van der Waals surface area contributed by atoms with Gasteiger partial charge in [0, 0.05) is 36.5 Å². The van der Waals surface area contributed by atoms with Crippen molar-refractivity contribution in [2.45, 2.75) is 11.6 Å². The molecule has 20 heavy (non-hydrogen) atoms. The molecule has 0 spiro atoms. The van der Waals surface area contributed by atoms with Crippen LogP contribution in [-0.2, 0) is 21.0 Å². The van der Waals surface area contributed by atoms with E-state index in [-0.39, 0.29) is 0 Å². The number of methoxy groups -OCH3 is 2. The standard InChI is InChI=1S/C16H16O4/c1-19-15(17)11-7-3-5-9-13(11)16(18,20-2)14-10-6-4-8-12(14)15/h3-10,17-18H,1-2H3. The lowest BCUT2D eigenvalue weighted by atomic mass is 9.77. The maximum Gasteiger partial charge on any atom is 0.220 e. The Morgan fingerprint density at radius 3 is 1.10 bits per heavy atom. The predicted octanol–water partition coefficient (Wildman–Crippen LogP) is 1.68. The minimum Gasteiger partial charge on any atom is -0.358 e. The van der Waals surface area contributed by atoms with Crippen LogP contribution < -0.4 is 0 Å². The van der Waals surface area contributed by atoms with E-state index in [4.69, 9.17) is 9.47 Å². The van der Waals surface area contributed by atoms with Crippen LogP contribution in [-0.4, -0.2) is 24.4 Å². The molecule has 0 radical (unpaired) electrons. The zero-order valence-corrected chi connectivity index (χ0v) is 11.3. The Labute approximate surface area is 117 Å². The fourth-order valence-electron chi connectivity index (χ4n) is 2.88. The maximum absolute atomic E-state index is 10.9. The van der Waals surface area contributed by atoms with Crippen LogP contribution in [0.3, 0.4) is 0 Å². The minimum absolute atomic E-state index is 0.477. The first-order chi connectivity index (χ1) is 9.58. The molecule has 3 rings (SSSR count). The molecule has 0 amide bonds. The molecule has 0 aromatic heterocycles. The predicted molar refractivity (Wildman–Crippen MR) is 72.9 cm³/mol. The summed E-state index contributed by atoms with van der Waals surface area (Å²) in [6.45, 7) is 0. The number of hydrogen-bond acceptors (Lipinski definition) is 4. The molecule has 2 aromatic carbocycles. The molecule has 2 aromatic rings. The Hall–Kier alpha value is -1.72. The molecular formula is C16H16O4.